The zero-order chi connectivity index (χ0) is 17.0. The van der Waals surface area contributed by atoms with E-state index in [0.717, 1.165) is 29.7 Å². The third-order valence-electron chi connectivity index (χ3n) is 4.90. The van der Waals surface area contributed by atoms with Crippen molar-refractivity contribution in [2.75, 3.05) is 7.05 Å². The standard InChI is InChI=1S/C19H26N4O/c1-19(11-7-4-8-12-19)21-18(24)23(2)14-16-13-20-22-17(16)15-9-5-3-6-10-15/h3,5-6,9-10,13H,4,7-8,11-12,14H2,1-2H3,(H,20,22)(H,21,24). The van der Waals surface area contributed by atoms with E-state index in [1.807, 2.05) is 37.4 Å². The normalized spacial score (nSPS) is 16.6. The van der Waals surface area contributed by atoms with Crippen molar-refractivity contribution in [3.63, 3.8) is 0 Å². The minimum absolute atomic E-state index is 0.0142. The van der Waals surface area contributed by atoms with Gasteiger partial charge in [0.25, 0.3) is 0 Å². The molecule has 1 aromatic carbocycles. The van der Waals surface area contributed by atoms with Crippen LogP contribution < -0.4 is 5.32 Å². The molecular formula is C19H26N4O. The van der Waals surface area contributed by atoms with Gasteiger partial charge >= 0.3 is 6.03 Å². The van der Waals surface area contributed by atoms with Crippen LogP contribution in [0.1, 0.15) is 44.6 Å². The van der Waals surface area contributed by atoms with E-state index in [1.54, 1.807) is 11.1 Å². The van der Waals surface area contributed by atoms with Gasteiger partial charge in [0.1, 0.15) is 0 Å². The van der Waals surface area contributed by atoms with Crippen molar-refractivity contribution >= 4 is 6.03 Å². The molecule has 1 fully saturated rings. The van der Waals surface area contributed by atoms with Crippen molar-refractivity contribution in [1.82, 2.24) is 20.4 Å². The third kappa shape index (κ3) is 3.78. The largest absolute Gasteiger partial charge is 0.333 e. The Morgan fingerprint density at radius 3 is 2.67 bits per heavy atom. The van der Waals surface area contributed by atoms with Gasteiger partial charge in [-0.25, -0.2) is 4.79 Å². The minimum Gasteiger partial charge on any atom is -0.333 e. The molecular weight excluding hydrogens is 300 g/mol. The molecule has 0 aliphatic heterocycles. The monoisotopic (exact) mass is 326 g/mol. The SMILES string of the molecule is CN(Cc1cn[nH]c1-c1ccccc1)C(=O)NC1(C)CCCCC1. The average molecular weight is 326 g/mol. The number of hydrogen-bond donors (Lipinski definition) is 2. The maximum Gasteiger partial charge on any atom is 0.317 e. The van der Waals surface area contributed by atoms with Gasteiger partial charge in [0.15, 0.2) is 0 Å². The van der Waals surface area contributed by atoms with Gasteiger partial charge < -0.3 is 10.2 Å². The zero-order valence-electron chi connectivity index (χ0n) is 14.5. The molecule has 0 unspecified atom stereocenters. The number of urea groups is 1. The van der Waals surface area contributed by atoms with Crippen molar-refractivity contribution in [1.29, 1.82) is 0 Å². The summed E-state index contributed by atoms with van der Waals surface area (Å²) in [6.45, 7) is 2.69. The second kappa shape index (κ2) is 7.07. The molecule has 5 nitrogen and oxygen atoms in total. The van der Waals surface area contributed by atoms with Gasteiger partial charge in [-0.1, -0.05) is 49.6 Å². The molecule has 1 aliphatic carbocycles. The van der Waals surface area contributed by atoms with Gasteiger partial charge in [0.2, 0.25) is 0 Å². The van der Waals surface area contributed by atoms with E-state index in [-0.39, 0.29) is 11.6 Å². The van der Waals surface area contributed by atoms with E-state index in [0.29, 0.717) is 6.54 Å². The van der Waals surface area contributed by atoms with Crippen LogP contribution >= 0.6 is 0 Å². The van der Waals surface area contributed by atoms with E-state index in [2.05, 4.69) is 22.4 Å². The average Bonchev–Trinajstić information content (AvgIpc) is 3.04. The maximum atomic E-state index is 12.6. The Kier molecular flexibility index (Phi) is 4.88. The van der Waals surface area contributed by atoms with Crippen LogP contribution in [0.15, 0.2) is 36.5 Å². The van der Waals surface area contributed by atoms with E-state index in [9.17, 15) is 4.79 Å². The van der Waals surface area contributed by atoms with Crippen LogP contribution in [0.25, 0.3) is 11.3 Å². The zero-order valence-corrected chi connectivity index (χ0v) is 14.5. The summed E-state index contributed by atoms with van der Waals surface area (Å²) in [5, 5.41) is 10.4. The number of amides is 2. The molecule has 0 bridgehead atoms. The summed E-state index contributed by atoms with van der Waals surface area (Å²) in [4.78, 5) is 14.3. The van der Waals surface area contributed by atoms with Crippen molar-refractivity contribution in [2.45, 2.75) is 51.1 Å². The maximum absolute atomic E-state index is 12.6. The Morgan fingerprint density at radius 2 is 1.96 bits per heavy atom. The highest BCUT2D eigenvalue weighted by Crippen LogP contribution is 2.28. The molecule has 3 rings (SSSR count). The van der Waals surface area contributed by atoms with Crippen molar-refractivity contribution < 1.29 is 4.79 Å². The summed E-state index contributed by atoms with van der Waals surface area (Å²) in [6, 6.07) is 10.1. The van der Waals surface area contributed by atoms with Gasteiger partial charge in [0.05, 0.1) is 18.4 Å². The second-order valence-corrected chi connectivity index (χ2v) is 7.04. The van der Waals surface area contributed by atoms with Crippen LogP contribution in [-0.4, -0.2) is 33.7 Å². The Balaban J connectivity index is 1.66. The predicted octanol–water partition coefficient (Wildman–Crippen LogP) is 3.94. The summed E-state index contributed by atoms with van der Waals surface area (Å²) < 4.78 is 0. The number of hydrogen-bond acceptors (Lipinski definition) is 2. The number of nitrogens with one attached hydrogen (secondary N) is 2. The van der Waals surface area contributed by atoms with Crippen molar-refractivity contribution in [3.05, 3.63) is 42.1 Å². The number of aromatic amines is 1. The van der Waals surface area contributed by atoms with E-state index in [4.69, 9.17) is 0 Å². The van der Waals surface area contributed by atoms with Crippen LogP contribution in [0, 0.1) is 0 Å². The van der Waals surface area contributed by atoms with E-state index in [1.165, 1.54) is 19.3 Å². The highest BCUT2D eigenvalue weighted by Gasteiger charge is 2.29. The number of carbonyl (C=O) groups excluding carboxylic acids is 1. The van der Waals surface area contributed by atoms with Gasteiger partial charge in [-0.15, -0.1) is 0 Å². The molecule has 2 aromatic rings. The number of rotatable bonds is 4. The Bertz CT molecular complexity index is 674. The van der Waals surface area contributed by atoms with E-state index >= 15 is 0 Å². The van der Waals surface area contributed by atoms with E-state index < -0.39 is 0 Å². The molecule has 2 amide bonds. The van der Waals surface area contributed by atoms with Crippen LogP contribution in [0.5, 0.6) is 0 Å². The first kappa shape index (κ1) is 16.6. The Hall–Kier alpha value is -2.30. The lowest BCUT2D eigenvalue weighted by Crippen LogP contribution is -2.51. The molecule has 5 heteroatoms. The van der Waals surface area contributed by atoms with Gasteiger partial charge in [-0.2, -0.15) is 5.10 Å². The molecule has 0 atom stereocenters. The highest BCUT2D eigenvalue weighted by molar-refractivity contribution is 5.75. The summed E-state index contributed by atoms with van der Waals surface area (Å²) in [6.07, 6.45) is 7.59. The molecule has 0 saturated heterocycles. The van der Waals surface area contributed by atoms with Crippen LogP contribution in [0.2, 0.25) is 0 Å². The Morgan fingerprint density at radius 1 is 1.25 bits per heavy atom. The van der Waals surface area contributed by atoms with Gasteiger partial charge in [-0.3, -0.25) is 5.10 Å². The lowest BCUT2D eigenvalue weighted by molar-refractivity contribution is 0.180. The molecule has 1 aliphatic rings. The van der Waals surface area contributed by atoms with Gasteiger partial charge in [0, 0.05) is 18.2 Å². The smallest absolute Gasteiger partial charge is 0.317 e. The predicted molar refractivity (Wildman–Crippen MR) is 95.5 cm³/mol. The quantitative estimate of drug-likeness (QED) is 0.894. The molecule has 1 aromatic heterocycles. The molecule has 128 valence electrons. The first-order chi connectivity index (χ1) is 11.6. The lowest BCUT2D eigenvalue weighted by atomic mass is 9.83. The fourth-order valence-corrected chi connectivity index (χ4v) is 3.42. The van der Waals surface area contributed by atoms with Crippen LogP contribution in [0.4, 0.5) is 4.79 Å². The molecule has 1 saturated carbocycles. The summed E-state index contributed by atoms with van der Waals surface area (Å²) in [5.41, 5.74) is 3.01. The molecule has 24 heavy (non-hydrogen) atoms. The topological polar surface area (TPSA) is 61.0 Å². The molecule has 2 N–H and O–H groups in total. The summed E-state index contributed by atoms with van der Waals surface area (Å²) in [5.74, 6) is 0. The number of carbonyl (C=O) groups is 1. The number of aromatic nitrogens is 2. The number of nitrogens with zero attached hydrogens (tertiary/aromatic N) is 2. The number of H-pyrrole nitrogens is 1. The van der Waals surface area contributed by atoms with Crippen LogP contribution in [0.3, 0.4) is 0 Å². The fourth-order valence-electron chi connectivity index (χ4n) is 3.42. The summed E-state index contributed by atoms with van der Waals surface area (Å²) >= 11 is 0. The Labute approximate surface area is 143 Å². The van der Waals surface area contributed by atoms with Gasteiger partial charge in [-0.05, 0) is 25.3 Å². The third-order valence-corrected chi connectivity index (χ3v) is 4.90. The molecule has 0 radical (unpaired) electrons. The van der Waals surface area contributed by atoms with Crippen molar-refractivity contribution in [3.8, 4) is 11.3 Å². The fraction of sp³-hybridized carbons (Fsp3) is 0.474. The second-order valence-electron chi connectivity index (χ2n) is 7.04. The minimum atomic E-state index is -0.0672. The summed E-state index contributed by atoms with van der Waals surface area (Å²) in [7, 11) is 1.84. The highest BCUT2D eigenvalue weighted by atomic mass is 16.2. The number of benzene rings is 1. The van der Waals surface area contributed by atoms with Crippen LogP contribution in [-0.2, 0) is 6.54 Å². The first-order valence-corrected chi connectivity index (χ1v) is 8.68. The molecule has 0 spiro atoms. The molecule has 1 heterocycles. The first-order valence-electron chi connectivity index (χ1n) is 8.68. The van der Waals surface area contributed by atoms with Crippen molar-refractivity contribution in [2.24, 2.45) is 0 Å². The lowest BCUT2D eigenvalue weighted by Gasteiger charge is -2.36.